The molecule has 1 aliphatic rings. The highest BCUT2D eigenvalue weighted by Gasteiger charge is 2.27. The average Bonchev–Trinajstić information content (AvgIpc) is 2.62. The third kappa shape index (κ3) is 5.49. The van der Waals surface area contributed by atoms with Gasteiger partial charge in [0.1, 0.15) is 5.60 Å². The first-order chi connectivity index (χ1) is 12.8. The SMILES string of the molecule is CC(C)(C)OC(=O)N1CCC(Cc2ccccc2-c2ccc(Cl)cc2)CC1. The van der Waals surface area contributed by atoms with Gasteiger partial charge in [-0.1, -0.05) is 48.0 Å². The summed E-state index contributed by atoms with van der Waals surface area (Å²) < 4.78 is 5.49. The highest BCUT2D eigenvalue weighted by Crippen LogP contribution is 2.30. The molecule has 2 aromatic carbocycles. The second kappa shape index (κ2) is 8.35. The molecule has 0 bridgehead atoms. The number of amides is 1. The van der Waals surface area contributed by atoms with Crippen LogP contribution in [0.3, 0.4) is 0 Å². The molecular weight excluding hydrogens is 358 g/mol. The van der Waals surface area contributed by atoms with Crippen molar-refractivity contribution >= 4 is 17.7 Å². The quantitative estimate of drug-likeness (QED) is 0.629. The Balaban J connectivity index is 1.63. The molecule has 0 atom stereocenters. The lowest BCUT2D eigenvalue weighted by atomic mass is 9.87. The molecule has 0 aromatic heterocycles. The molecule has 0 N–H and O–H groups in total. The Hall–Kier alpha value is -2.00. The summed E-state index contributed by atoms with van der Waals surface area (Å²) in [5.41, 5.74) is 3.38. The lowest BCUT2D eigenvalue weighted by Gasteiger charge is -2.33. The van der Waals surface area contributed by atoms with E-state index < -0.39 is 5.60 Å². The van der Waals surface area contributed by atoms with Crippen molar-refractivity contribution in [2.75, 3.05) is 13.1 Å². The Morgan fingerprint density at radius 2 is 1.70 bits per heavy atom. The van der Waals surface area contributed by atoms with Gasteiger partial charge in [0.15, 0.2) is 0 Å². The zero-order valence-corrected chi connectivity index (χ0v) is 17.1. The second-order valence-corrected chi connectivity index (χ2v) is 8.72. The first-order valence-electron chi connectivity index (χ1n) is 9.63. The number of hydrogen-bond donors (Lipinski definition) is 0. The second-order valence-electron chi connectivity index (χ2n) is 8.28. The summed E-state index contributed by atoms with van der Waals surface area (Å²) in [4.78, 5) is 14.1. The van der Waals surface area contributed by atoms with Crippen molar-refractivity contribution in [2.45, 2.75) is 45.6 Å². The molecule has 0 radical (unpaired) electrons. The van der Waals surface area contributed by atoms with Crippen LogP contribution in [0.1, 0.15) is 39.2 Å². The zero-order chi connectivity index (χ0) is 19.4. The summed E-state index contributed by atoms with van der Waals surface area (Å²) in [6.07, 6.45) is 2.85. The van der Waals surface area contributed by atoms with Crippen LogP contribution in [-0.2, 0) is 11.2 Å². The van der Waals surface area contributed by atoms with Crippen LogP contribution in [0.5, 0.6) is 0 Å². The van der Waals surface area contributed by atoms with E-state index in [4.69, 9.17) is 16.3 Å². The fourth-order valence-corrected chi connectivity index (χ4v) is 3.69. The normalized spacial score (nSPS) is 15.6. The summed E-state index contributed by atoms with van der Waals surface area (Å²) in [6.45, 7) is 7.26. The summed E-state index contributed by atoms with van der Waals surface area (Å²) in [5, 5.41) is 0.755. The summed E-state index contributed by atoms with van der Waals surface area (Å²) in [7, 11) is 0. The molecule has 144 valence electrons. The van der Waals surface area contributed by atoms with Gasteiger partial charge in [-0.25, -0.2) is 4.79 Å². The van der Waals surface area contributed by atoms with E-state index in [0.717, 1.165) is 37.4 Å². The van der Waals surface area contributed by atoms with Gasteiger partial charge in [0.05, 0.1) is 0 Å². The number of ether oxygens (including phenoxy) is 1. The van der Waals surface area contributed by atoms with Crippen molar-refractivity contribution in [1.29, 1.82) is 0 Å². The molecule has 27 heavy (non-hydrogen) atoms. The number of nitrogens with zero attached hydrogens (tertiary/aromatic N) is 1. The molecular formula is C23H28ClNO2. The molecule has 0 saturated carbocycles. The van der Waals surface area contributed by atoms with Gasteiger partial charge in [-0.15, -0.1) is 0 Å². The number of carbonyl (C=O) groups is 1. The van der Waals surface area contributed by atoms with E-state index in [0.29, 0.717) is 5.92 Å². The molecule has 1 heterocycles. The molecule has 1 saturated heterocycles. The Bertz CT molecular complexity index is 772. The van der Waals surface area contributed by atoms with E-state index in [9.17, 15) is 4.79 Å². The van der Waals surface area contributed by atoms with Gasteiger partial charge in [0, 0.05) is 18.1 Å². The third-order valence-corrected chi connectivity index (χ3v) is 5.20. The maximum atomic E-state index is 12.2. The van der Waals surface area contributed by atoms with Gasteiger partial charge in [0.25, 0.3) is 0 Å². The molecule has 3 nitrogen and oxygen atoms in total. The van der Waals surface area contributed by atoms with Gasteiger partial charge in [0.2, 0.25) is 0 Å². The topological polar surface area (TPSA) is 29.5 Å². The Kier molecular flexibility index (Phi) is 6.11. The number of benzene rings is 2. The van der Waals surface area contributed by atoms with Crippen LogP contribution in [0, 0.1) is 5.92 Å². The van der Waals surface area contributed by atoms with Crippen LogP contribution >= 0.6 is 11.6 Å². The minimum Gasteiger partial charge on any atom is -0.444 e. The van der Waals surface area contributed by atoms with Crippen LogP contribution in [0.4, 0.5) is 4.79 Å². The molecule has 2 aromatic rings. The van der Waals surface area contributed by atoms with Crippen LogP contribution in [0.25, 0.3) is 11.1 Å². The zero-order valence-electron chi connectivity index (χ0n) is 16.4. The molecule has 1 aliphatic heterocycles. The van der Waals surface area contributed by atoms with Crippen molar-refractivity contribution in [3.63, 3.8) is 0 Å². The number of hydrogen-bond acceptors (Lipinski definition) is 2. The van der Waals surface area contributed by atoms with Crippen LogP contribution in [-0.4, -0.2) is 29.7 Å². The predicted octanol–water partition coefficient (Wildman–Crippen LogP) is 6.20. The van der Waals surface area contributed by atoms with Crippen molar-refractivity contribution < 1.29 is 9.53 Å². The van der Waals surface area contributed by atoms with Gasteiger partial charge in [-0.3, -0.25) is 0 Å². The van der Waals surface area contributed by atoms with E-state index in [1.807, 2.05) is 37.8 Å². The summed E-state index contributed by atoms with van der Waals surface area (Å²) >= 11 is 6.03. The van der Waals surface area contributed by atoms with Gasteiger partial charge >= 0.3 is 6.09 Å². The van der Waals surface area contributed by atoms with E-state index in [1.54, 1.807) is 0 Å². The van der Waals surface area contributed by atoms with Gasteiger partial charge in [-0.2, -0.15) is 0 Å². The Morgan fingerprint density at radius 3 is 2.33 bits per heavy atom. The lowest BCUT2D eigenvalue weighted by molar-refractivity contribution is 0.0184. The van der Waals surface area contributed by atoms with Crippen molar-refractivity contribution in [2.24, 2.45) is 5.92 Å². The molecule has 4 heteroatoms. The highest BCUT2D eigenvalue weighted by molar-refractivity contribution is 6.30. The fourth-order valence-electron chi connectivity index (χ4n) is 3.57. The van der Waals surface area contributed by atoms with Crippen molar-refractivity contribution in [1.82, 2.24) is 4.90 Å². The predicted molar refractivity (Wildman–Crippen MR) is 111 cm³/mol. The fraction of sp³-hybridized carbons (Fsp3) is 0.435. The maximum absolute atomic E-state index is 12.2. The first-order valence-corrected chi connectivity index (χ1v) is 10.0. The van der Waals surface area contributed by atoms with Gasteiger partial charge in [-0.05, 0) is 74.8 Å². The molecule has 1 amide bonds. The van der Waals surface area contributed by atoms with E-state index in [1.165, 1.54) is 16.7 Å². The Morgan fingerprint density at radius 1 is 1.07 bits per heavy atom. The number of rotatable bonds is 3. The van der Waals surface area contributed by atoms with Crippen LogP contribution < -0.4 is 0 Å². The number of carbonyl (C=O) groups excluding carboxylic acids is 1. The highest BCUT2D eigenvalue weighted by atomic mass is 35.5. The van der Waals surface area contributed by atoms with E-state index in [2.05, 4.69) is 36.4 Å². The van der Waals surface area contributed by atoms with Gasteiger partial charge < -0.3 is 9.64 Å². The number of halogens is 1. The average molecular weight is 386 g/mol. The maximum Gasteiger partial charge on any atom is 0.410 e. The van der Waals surface area contributed by atoms with E-state index in [-0.39, 0.29) is 6.09 Å². The summed E-state index contributed by atoms with van der Waals surface area (Å²) in [5.74, 6) is 0.581. The molecule has 0 unspecified atom stereocenters. The molecule has 0 aliphatic carbocycles. The minimum absolute atomic E-state index is 0.192. The molecule has 3 rings (SSSR count). The number of piperidine rings is 1. The van der Waals surface area contributed by atoms with Crippen molar-refractivity contribution in [3.8, 4) is 11.1 Å². The van der Waals surface area contributed by atoms with Crippen LogP contribution in [0.15, 0.2) is 48.5 Å². The smallest absolute Gasteiger partial charge is 0.410 e. The van der Waals surface area contributed by atoms with E-state index >= 15 is 0 Å². The first kappa shape index (κ1) is 19.8. The third-order valence-electron chi connectivity index (χ3n) is 4.95. The summed E-state index contributed by atoms with van der Waals surface area (Å²) in [6, 6.07) is 16.6. The standard InChI is InChI=1S/C23H28ClNO2/c1-23(2,3)27-22(26)25-14-12-17(13-15-25)16-19-6-4-5-7-21(19)18-8-10-20(24)11-9-18/h4-11,17H,12-16H2,1-3H3. The van der Waals surface area contributed by atoms with Crippen LogP contribution in [0.2, 0.25) is 5.02 Å². The Labute approximate surface area is 167 Å². The van der Waals surface area contributed by atoms with Crippen molar-refractivity contribution in [3.05, 3.63) is 59.1 Å². The minimum atomic E-state index is -0.439. The molecule has 1 fully saturated rings. The largest absolute Gasteiger partial charge is 0.444 e. The lowest BCUT2D eigenvalue weighted by Crippen LogP contribution is -2.42. The monoisotopic (exact) mass is 385 g/mol. The molecule has 0 spiro atoms. The number of likely N-dealkylation sites (tertiary alicyclic amines) is 1.